The lowest BCUT2D eigenvalue weighted by Crippen LogP contribution is -2.16. The fourth-order valence-corrected chi connectivity index (χ4v) is 4.43. The Bertz CT molecular complexity index is 1300. The molecule has 1 aliphatic carbocycles. The molecular weight excluding hydrogens is 402 g/mol. The number of anilines is 2. The maximum absolute atomic E-state index is 5.77. The van der Waals surface area contributed by atoms with Gasteiger partial charge in [-0.05, 0) is 50.3 Å². The van der Waals surface area contributed by atoms with Gasteiger partial charge in [-0.1, -0.05) is 29.8 Å². The van der Waals surface area contributed by atoms with Crippen LogP contribution >= 0.6 is 0 Å². The number of nitrogens with one attached hydrogen (secondary N) is 1. The summed E-state index contributed by atoms with van der Waals surface area (Å²) < 4.78 is 13.3. The molecule has 7 nitrogen and oxygen atoms in total. The first-order valence-corrected chi connectivity index (χ1v) is 11.2. The van der Waals surface area contributed by atoms with Gasteiger partial charge < -0.3 is 14.8 Å². The summed E-state index contributed by atoms with van der Waals surface area (Å²) in [5.74, 6) is 3.91. The minimum absolute atomic E-state index is 0.566. The van der Waals surface area contributed by atoms with Crippen LogP contribution in [0.2, 0.25) is 0 Å². The van der Waals surface area contributed by atoms with Gasteiger partial charge in [0.15, 0.2) is 17.3 Å². The zero-order valence-electron chi connectivity index (χ0n) is 18.1. The van der Waals surface area contributed by atoms with Crippen LogP contribution in [0, 0.1) is 6.92 Å². The molecule has 0 spiro atoms. The molecule has 0 unspecified atom stereocenters. The lowest BCUT2D eigenvalue weighted by atomic mass is 9.96. The molecule has 0 saturated heterocycles. The zero-order chi connectivity index (χ0) is 21.5. The van der Waals surface area contributed by atoms with Gasteiger partial charge in [-0.15, -0.1) is 5.10 Å². The van der Waals surface area contributed by atoms with Crippen LogP contribution in [-0.4, -0.2) is 32.8 Å². The third kappa shape index (κ3) is 3.53. The fraction of sp³-hybridized carbons (Fsp3) is 0.320. The van der Waals surface area contributed by atoms with E-state index < -0.39 is 0 Å². The van der Waals surface area contributed by atoms with E-state index >= 15 is 0 Å². The molecule has 2 aliphatic rings. The lowest BCUT2D eigenvalue weighted by Gasteiger charge is -2.21. The minimum Gasteiger partial charge on any atom is -0.486 e. The van der Waals surface area contributed by atoms with Gasteiger partial charge in [0.25, 0.3) is 5.78 Å². The quantitative estimate of drug-likeness (QED) is 0.520. The summed E-state index contributed by atoms with van der Waals surface area (Å²) >= 11 is 0. The largest absolute Gasteiger partial charge is 0.486 e. The van der Waals surface area contributed by atoms with E-state index in [0.29, 0.717) is 25.4 Å². The number of ether oxygens (including phenoxy) is 2. The molecule has 0 amide bonds. The maximum atomic E-state index is 5.77. The molecule has 0 atom stereocenters. The van der Waals surface area contributed by atoms with Crippen molar-refractivity contribution in [1.82, 2.24) is 19.6 Å². The highest BCUT2D eigenvalue weighted by molar-refractivity contribution is 5.66. The van der Waals surface area contributed by atoms with Crippen molar-refractivity contribution in [3.63, 3.8) is 0 Å². The van der Waals surface area contributed by atoms with E-state index in [0.717, 1.165) is 60.2 Å². The molecule has 0 radical (unpaired) electrons. The van der Waals surface area contributed by atoms with E-state index in [1.165, 1.54) is 16.7 Å². The number of hydrogen-bond acceptors (Lipinski definition) is 6. The first-order chi connectivity index (χ1) is 15.7. The van der Waals surface area contributed by atoms with Gasteiger partial charge in [0.2, 0.25) is 0 Å². The number of aromatic nitrogens is 4. The predicted molar refractivity (Wildman–Crippen MR) is 122 cm³/mol. The second kappa shape index (κ2) is 7.82. The Labute approximate surface area is 186 Å². The minimum atomic E-state index is 0.566. The highest BCUT2D eigenvalue weighted by atomic mass is 16.6. The molecule has 2 aromatic carbocycles. The Morgan fingerprint density at radius 1 is 0.938 bits per heavy atom. The Kier molecular flexibility index (Phi) is 4.67. The summed E-state index contributed by atoms with van der Waals surface area (Å²) in [6, 6.07) is 14.5. The van der Waals surface area contributed by atoms with Crippen LogP contribution in [0.25, 0.3) is 5.78 Å². The highest BCUT2D eigenvalue weighted by Crippen LogP contribution is 2.35. The summed E-state index contributed by atoms with van der Waals surface area (Å²) in [6.45, 7) is 3.25. The topological polar surface area (TPSA) is 73.6 Å². The molecular formula is C25H25N5O2. The zero-order valence-corrected chi connectivity index (χ0v) is 18.1. The summed E-state index contributed by atoms with van der Waals surface area (Å²) in [4.78, 5) is 9.64. The summed E-state index contributed by atoms with van der Waals surface area (Å²) in [6.07, 6.45) is 4.95. The Morgan fingerprint density at radius 3 is 2.62 bits per heavy atom. The van der Waals surface area contributed by atoms with Gasteiger partial charge >= 0.3 is 0 Å². The van der Waals surface area contributed by atoms with Crippen LogP contribution in [0.1, 0.15) is 41.1 Å². The van der Waals surface area contributed by atoms with Crippen LogP contribution in [0.15, 0.2) is 42.5 Å². The van der Waals surface area contributed by atoms with E-state index in [4.69, 9.17) is 24.5 Å². The third-order valence-electron chi connectivity index (χ3n) is 6.09. The molecule has 0 bridgehead atoms. The summed E-state index contributed by atoms with van der Waals surface area (Å²) in [5, 5.41) is 8.44. The Morgan fingerprint density at radius 2 is 1.75 bits per heavy atom. The van der Waals surface area contributed by atoms with Crippen LogP contribution in [0.5, 0.6) is 11.5 Å². The van der Waals surface area contributed by atoms with Crippen molar-refractivity contribution in [3.05, 3.63) is 70.7 Å². The molecule has 4 aromatic rings. The van der Waals surface area contributed by atoms with E-state index in [-0.39, 0.29) is 0 Å². The maximum Gasteiger partial charge on any atom is 0.254 e. The Hall–Kier alpha value is -3.61. The number of rotatable bonds is 4. The fourth-order valence-electron chi connectivity index (χ4n) is 4.43. The number of hydrogen-bond donors (Lipinski definition) is 1. The standard InChI is InChI=1S/C25H25N5O2/c1-16-6-8-17(9-7-16)14-23-28-25-27-20-5-3-2-4-19(20)24(30(25)29-23)26-18-10-11-21-22(15-18)32-13-12-31-21/h6-11,15,26H,2-5,12-14H2,1H3. The number of nitrogens with zero attached hydrogens (tertiary/aromatic N) is 4. The van der Waals surface area contributed by atoms with Crippen molar-refractivity contribution in [2.45, 2.75) is 39.0 Å². The van der Waals surface area contributed by atoms with Gasteiger partial charge in [0.05, 0.1) is 5.69 Å². The molecule has 0 saturated carbocycles. The molecule has 162 valence electrons. The average molecular weight is 428 g/mol. The van der Waals surface area contributed by atoms with Crippen LogP contribution < -0.4 is 14.8 Å². The van der Waals surface area contributed by atoms with Crippen LogP contribution in [-0.2, 0) is 19.3 Å². The van der Waals surface area contributed by atoms with Crippen LogP contribution in [0.4, 0.5) is 11.5 Å². The summed E-state index contributed by atoms with van der Waals surface area (Å²) in [5.41, 5.74) is 5.73. The second-order valence-corrected chi connectivity index (χ2v) is 8.48. The normalized spacial score (nSPS) is 14.9. The van der Waals surface area contributed by atoms with E-state index in [9.17, 15) is 0 Å². The predicted octanol–water partition coefficient (Wildman–Crippen LogP) is 4.42. The molecule has 3 heterocycles. The monoisotopic (exact) mass is 427 g/mol. The molecule has 6 rings (SSSR count). The summed E-state index contributed by atoms with van der Waals surface area (Å²) in [7, 11) is 0. The van der Waals surface area contributed by atoms with Crippen molar-refractivity contribution in [3.8, 4) is 11.5 Å². The smallest absolute Gasteiger partial charge is 0.254 e. The molecule has 7 heteroatoms. The first kappa shape index (κ1) is 19.1. The van der Waals surface area contributed by atoms with E-state index in [1.807, 2.05) is 22.7 Å². The second-order valence-electron chi connectivity index (χ2n) is 8.48. The number of fused-ring (bicyclic) bond motifs is 3. The molecule has 1 aliphatic heterocycles. The first-order valence-electron chi connectivity index (χ1n) is 11.2. The van der Waals surface area contributed by atoms with Crippen molar-refractivity contribution in [2.24, 2.45) is 0 Å². The van der Waals surface area contributed by atoms with Crippen LogP contribution in [0.3, 0.4) is 0 Å². The lowest BCUT2D eigenvalue weighted by molar-refractivity contribution is 0.171. The van der Waals surface area contributed by atoms with E-state index in [1.54, 1.807) is 0 Å². The molecule has 1 N–H and O–H groups in total. The number of aryl methyl sites for hydroxylation is 2. The Balaban J connectivity index is 1.41. The van der Waals surface area contributed by atoms with Gasteiger partial charge in [-0.2, -0.15) is 9.50 Å². The van der Waals surface area contributed by atoms with Gasteiger partial charge in [-0.3, -0.25) is 0 Å². The van der Waals surface area contributed by atoms with Crippen molar-refractivity contribution in [1.29, 1.82) is 0 Å². The molecule has 2 aromatic heterocycles. The van der Waals surface area contributed by atoms with Crippen molar-refractivity contribution in [2.75, 3.05) is 18.5 Å². The molecule has 0 fully saturated rings. The average Bonchev–Trinajstić information content (AvgIpc) is 3.22. The SMILES string of the molecule is Cc1ccc(Cc2nc3nc4c(c(Nc5ccc6c(c5)OCCO6)n3n2)CCCC4)cc1. The van der Waals surface area contributed by atoms with Crippen molar-refractivity contribution >= 4 is 17.3 Å². The van der Waals surface area contributed by atoms with E-state index in [2.05, 4.69) is 36.5 Å². The highest BCUT2D eigenvalue weighted by Gasteiger charge is 2.22. The van der Waals surface area contributed by atoms with Crippen molar-refractivity contribution < 1.29 is 9.47 Å². The van der Waals surface area contributed by atoms with Gasteiger partial charge in [0, 0.05) is 23.7 Å². The molecule has 32 heavy (non-hydrogen) atoms. The third-order valence-corrected chi connectivity index (χ3v) is 6.09. The van der Waals surface area contributed by atoms with Gasteiger partial charge in [0.1, 0.15) is 19.0 Å². The van der Waals surface area contributed by atoms with Gasteiger partial charge in [-0.25, -0.2) is 4.98 Å². The number of benzene rings is 2.